The van der Waals surface area contributed by atoms with Gasteiger partial charge in [-0.25, -0.2) is 8.34 Å². The quantitative estimate of drug-likeness (QED) is 0.426. The molecule has 0 aromatic rings. The lowest BCUT2D eigenvalue weighted by Gasteiger charge is -2.43. The van der Waals surface area contributed by atoms with Crippen LogP contribution >= 0.6 is 8.34 Å². The van der Waals surface area contributed by atoms with Crippen LogP contribution in [0.1, 0.15) is 27.7 Å². The molecule has 1 fully saturated rings. The lowest BCUT2D eigenvalue weighted by Crippen LogP contribution is -2.43. The molecule has 1 aliphatic rings. The summed E-state index contributed by atoms with van der Waals surface area (Å²) in [5.74, 6) is 1.76. The molecule has 1 heterocycles. The summed E-state index contributed by atoms with van der Waals surface area (Å²) in [6.45, 7) is 12.7. The van der Waals surface area contributed by atoms with E-state index in [0.29, 0.717) is 5.21 Å². The van der Waals surface area contributed by atoms with Gasteiger partial charge in [-0.15, -0.1) is 0 Å². The van der Waals surface area contributed by atoms with Gasteiger partial charge in [0.2, 0.25) is 0 Å². The molecule has 64 valence electrons. The highest BCUT2D eigenvalue weighted by Crippen LogP contribution is 2.46. The Morgan fingerprint density at radius 2 is 1.67 bits per heavy atom. The maximum atomic E-state index is 2.41. The van der Waals surface area contributed by atoms with E-state index in [-0.39, 0.29) is 0 Å². The summed E-state index contributed by atoms with van der Waals surface area (Å²) in [4.78, 5) is 0. The highest BCUT2D eigenvalue weighted by atomic mass is 31.1. The summed E-state index contributed by atoms with van der Waals surface area (Å²) < 4.78 is 0. The smallest absolute Gasteiger partial charge is 0.136 e. The lowest BCUT2D eigenvalue weighted by molar-refractivity contribution is 0.417. The SMILES string of the molecule is CC(C)C1(C(C)C)BBBPB1. The fraction of sp³-hybridized carbons (Fsp3) is 1.00. The molecule has 1 unspecified atom stereocenters. The van der Waals surface area contributed by atoms with Gasteiger partial charge < -0.3 is 0 Å². The zero-order valence-electron chi connectivity index (χ0n) is 8.98. The summed E-state index contributed by atoms with van der Waals surface area (Å²) in [5.41, 5.74) is 0. The second-order valence-corrected chi connectivity index (χ2v) is 6.18. The van der Waals surface area contributed by atoms with Crippen molar-refractivity contribution in [2.75, 3.05) is 0 Å². The molecule has 1 atom stereocenters. The second kappa shape index (κ2) is 4.27. The first-order valence-corrected chi connectivity index (χ1v) is 6.72. The molecule has 12 heavy (non-hydrogen) atoms. The van der Waals surface area contributed by atoms with Gasteiger partial charge in [0.1, 0.15) is 7.00 Å². The predicted molar refractivity (Wildman–Crippen MR) is 69.3 cm³/mol. The monoisotopic (exact) mass is 178 g/mol. The van der Waals surface area contributed by atoms with Crippen LogP contribution < -0.4 is 0 Å². The van der Waals surface area contributed by atoms with E-state index in [4.69, 9.17) is 0 Å². The summed E-state index contributed by atoms with van der Waals surface area (Å²) in [6, 6.07) is 0. The van der Waals surface area contributed by atoms with Crippen molar-refractivity contribution in [1.82, 2.24) is 0 Å². The van der Waals surface area contributed by atoms with Crippen LogP contribution in [0.2, 0.25) is 5.21 Å². The number of hydrogen-bond donors (Lipinski definition) is 0. The summed E-state index contributed by atoms with van der Waals surface area (Å²) in [7, 11) is 4.20. The van der Waals surface area contributed by atoms with Gasteiger partial charge in [0.15, 0.2) is 0 Å². The minimum absolute atomic E-state index is 0.691. The fourth-order valence-electron chi connectivity index (χ4n) is 2.60. The normalized spacial score (nSPS) is 22.8. The van der Waals surface area contributed by atoms with Gasteiger partial charge in [0.05, 0.1) is 21.1 Å². The maximum Gasteiger partial charge on any atom is 0.136 e. The molecule has 1 aliphatic heterocycles. The summed E-state index contributed by atoms with van der Waals surface area (Å²) in [5, 5.41) is 0.691. The standard InChI is InChI=1S/C7H19B4P/c1-5(2)7(6(3)4)8-10-11-12-9-7/h5-6,8-12H,1-4H3. The highest BCUT2D eigenvalue weighted by Gasteiger charge is 2.39. The van der Waals surface area contributed by atoms with E-state index in [0.717, 1.165) is 11.8 Å². The molecule has 0 amide bonds. The molecule has 0 saturated carbocycles. The zero-order valence-corrected chi connectivity index (χ0v) is 9.98. The Kier molecular flexibility index (Phi) is 3.83. The molecule has 5 heteroatoms. The molecule has 0 N–H and O–H groups in total. The Hall–Kier alpha value is 0.690. The van der Waals surface area contributed by atoms with E-state index in [1.54, 1.807) is 0 Å². The van der Waals surface area contributed by atoms with Gasteiger partial charge >= 0.3 is 0 Å². The highest BCUT2D eigenvalue weighted by molar-refractivity contribution is 8.03. The molecule has 0 spiro atoms. The average Bonchev–Trinajstić information content (AvgIpc) is 2.05. The van der Waals surface area contributed by atoms with Crippen molar-refractivity contribution < 1.29 is 0 Å². The largest absolute Gasteiger partial charge is 0.203 e. The second-order valence-electron chi connectivity index (χ2n) is 4.82. The Balaban J connectivity index is 2.70. The predicted octanol–water partition coefficient (Wildman–Crippen LogP) is 0.513. The van der Waals surface area contributed by atoms with Gasteiger partial charge in [-0.1, -0.05) is 44.7 Å². The molecular formula is C7H19B4P. The minimum Gasteiger partial charge on any atom is -0.203 e. The third-order valence-electron chi connectivity index (χ3n) is 3.75. The Labute approximate surface area is 81.7 Å². The maximum absolute atomic E-state index is 2.41. The van der Waals surface area contributed by atoms with Gasteiger partial charge in [0, 0.05) is 0 Å². The van der Waals surface area contributed by atoms with E-state index < -0.39 is 0 Å². The molecule has 1 rings (SSSR count). The lowest BCUT2D eigenvalue weighted by atomic mass is 9.13. The zero-order chi connectivity index (χ0) is 9.19. The van der Waals surface area contributed by atoms with Crippen molar-refractivity contribution in [2.45, 2.75) is 32.9 Å². The van der Waals surface area contributed by atoms with Crippen molar-refractivity contribution in [3.8, 4) is 0 Å². The first-order valence-electron chi connectivity index (χ1n) is 5.30. The van der Waals surface area contributed by atoms with Crippen LogP contribution in [0.3, 0.4) is 0 Å². The average molecular weight is 177 g/mol. The fourth-order valence-corrected chi connectivity index (χ4v) is 4.67. The van der Waals surface area contributed by atoms with Crippen LogP contribution in [0, 0.1) is 11.8 Å². The van der Waals surface area contributed by atoms with Gasteiger partial charge in [0.25, 0.3) is 0 Å². The van der Waals surface area contributed by atoms with Crippen LogP contribution in [0.15, 0.2) is 0 Å². The van der Waals surface area contributed by atoms with Crippen molar-refractivity contribution in [2.24, 2.45) is 11.8 Å². The molecule has 0 radical (unpaired) electrons. The molecular weight excluding hydrogens is 158 g/mol. The van der Waals surface area contributed by atoms with Gasteiger partial charge in [-0.2, -0.15) is 0 Å². The third-order valence-corrected chi connectivity index (χ3v) is 5.36. The molecule has 1 saturated heterocycles. The summed E-state index contributed by atoms with van der Waals surface area (Å²) in [6.07, 6.45) is 0. The Morgan fingerprint density at radius 3 is 1.92 bits per heavy atom. The van der Waals surface area contributed by atoms with E-state index in [1.807, 2.05) is 0 Å². The van der Waals surface area contributed by atoms with Crippen molar-refractivity contribution >= 4 is 36.5 Å². The molecule has 0 aromatic carbocycles. The van der Waals surface area contributed by atoms with Crippen molar-refractivity contribution in [3.63, 3.8) is 0 Å². The van der Waals surface area contributed by atoms with E-state index in [9.17, 15) is 0 Å². The first kappa shape index (κ1) is 10.8. The summed E-state index contributed by atoms with van der Waals surface area (Å²) >= 11 is 0. The van der Waals surface area contributed by atoms with Crippen LogP contribution in [0.5, 0.6) is 0 Å². The number of hydrogen-bond acceptors (Lipinski definition) is 0. The molecule has 0 bridgehead atoms. The van der Waals surface area contributed by atoms with Crippen LogP contribution in [-0.4, -0.2) is 28.1 Å². The van der Waals surface area contributed by atoms with Gasteiger partial charge in [-0.05, 0) is 0 Å². The topological polar surface area (TPSA) is 0 Å². The molecule has 0 nitrogen and oxygen atoms in total. The minimum atomic E-state index is 0.691. The Bertz CT molecular complexity index is 132. The van der Waals surface area contributed by atoms with E-state index in [2.05, 4.69) is 27.7 Å². The van der Waals surface area contributed by atoms with Crippen molar-refractivity contribution in [1.29, 1.82) is 0 Å². The van der Waals surface area contributed by atoms with Crippen LogP contribution in [-0.2, 0) is 0 Å². The molecule has 0 aliphatic carbocycles. The van der Waals surface area contributed by atoms with Crippen LogP contribution in [0.25, 0.3) is 0 Å². The van der Waals surface area contributed by atoms with Gasteiger partial charge in [-0.3, -0.25) is 0 Å². The van der Waals surface area contributed by atoms with E-state index >= 15 is 0 Å². The number of rotatable bonds is 2. The first-order chi connectivity index (χ1) is 5.59. The molecule has 0 aromatic heterocycles. The third kappa shape index (κ3) is 1.95. The van der Waals surface area contributed by atoms with Crippen LogP contribution in [0.4, 0.5) is 0 Å². The van der Waals surface area contributed by atoms with Crippen molar-refractivity contribution in [3.05, 3.63) is 0 Å². The van der Waals surface area contributed by atoms with E-state index in [1.165, 1.54) is 36.5 Å². The Morgan fingerprint density at radius 1 is 1.08 bits per heavy atom.